The second-order valence-corrected chi connectivity index (χ2v) is 4.16. The highest BCUT2D eigenvalue weighted by Crippen LogP contribution is 2.24. The fraction of sp³-hybridized carbons (Fsp3) is 0.636. The van der Waals surface area contributed by atoms with Crippen molar-refractivity contribution in [3.8, 4) is 6.07 Å². The van der Waals surface area contributed by atoms with Crippen molar-refractivity contribution in [2.75, 3.05) is 13.1 Å². The third kappa shape index (κ3) is 1.94. The number of hydrogen-bond acceptors (Lipinski definition) is 4. The molecular weight excluding hydrogens is 204 g/mol. The molecule has 0 spiro atoms. The summed E-state index contributed by atoms with van der Waals surface area (Å²) in [6.07, 6.45) is 2.93. The first-order chi connectivity index (χ1) is 7.74. The van der Waals surface area contributed by atoms with Crippen molar-refractivity contribution >= 4 is 0 Å². The summed E-state index contributed by atoms with van der Waals surface area (Å²) in [6.45, 7) is 3.57. The summed E-state index contributed by atoms with van der Waals surface area (Å²) >= 11 is 0. The van der Waals surface area contributed by atoms with Gasteiger partial charge in [0.05, 0.1) is 18.3 Å². The molecule has 2 rings (SSSR count). The molecule has 0 aromatic carbocycles. The van der Waals surface area contributed by atoms with Crippen molar-refractivity contribution in [2.45, 2.75) is 31.9 Å². The van der Waals surface area contributed by atoms with Crippen molar-refractivity contribution in [3.05, 3.63) is 17.5 Å². The van der Waals surface area contributed by atoms with Crippen molar-refractivity contribution in [3.63, 3.8) is 0 Å². The number of rotatable bonds is 2. The molecule has 5 heteroatoms. The van der Waals surface area contributed by atoms with E-state index in [1.807, 2.05) is 0 Å². The van der Waals surface area contributed by atoms with Crippen LogP contribution < -0.4 is 5.32 Å². The van der Waals surface area contributed by atoms with Gasteiger partial charge in [0, 0.05) is 5.56 Å². The summed E-state index contributed by atoms with van der Waals surface area (Å²) in [5.41, 5.74) is 1.13. The minimum Gasteiger partial charge on any atom is -0.389 e. The molecule has 1 aromatic heterocycles. The largest absolute Gasteiger partial charge is 0.389 e. The minimum absolute atomic E-state index is 0.281. The average Bonchev–Trinajstić information content (AvgIpc) is 2.73. The molecule has 1 fully saturated rings. The lowest BCUT2D eigenvalue weighted by Crippen LogP contribution is -2.30. The number of aromatic nitrogens is 2. The molecule has 1 aliphatic rings. The lowest BCUT2D eigenvalue weighted by molar-refractivity contribution is 0.198. The van der Waals surface area contributed by atoms with E-state index in [-0.39, 0.29) is 6.04 Å². The number of nitriles is 1. The van der Waals surface area contributed by atoms with Crippen LogP contribution in [-0.4, -0.2) is 28.0 Å². The number of nitrogens with one attached hydrogen (secondary N) is 1. The SMILES string of the molecule is CC(O)c1cnn(C2CCNCC2)c1C#N. The van der Waals surface area contributed by atoms with E-state index in [1.165, 1.54) is 0 Å². The first kappa shape index (κ1) is 11.1. The van der Waals surface area contributed by atoms with Crippen molar-refractivity contribution in [2.24, 2.45) is 0 Å². The first-order valence-corrected chi connectivity index (χ1v) is 5.60. The summed E-state index contributed by atoms with van der Waals surface area (Å²) in [4.78, 5) is 0. The molecule has 5 nitrogen and oxygen atoms in total. The quantitative estimate of drug-likeness (QED) is 0.770. The lowest BCUT2D eigenvalue weighted by atomic mass is 10.1. The number of piperidine rings is 1. The average molecular weight is 220 g/mol. The maximum absolute atomic E-state index is 9.53. The highest BCUT2D eigenvalue weighted by Gasteiger charge is 2.22. The number of aliphatic hydroxyl groups is 1. The number of aliphatic hydroxyl groups excluding tert-OH is 1. The van der Waals surface area contributed by atoms with Crippen molar-refractivity contribution in [1.29, 1.82) is 5.26 Å². The molecule has 0 aliphatic carbocycles. The topological polar surface area (TPSA) is 73.9 Å². The van der Waals surface area contributed by atoms with E-state index >= 15 is 0 Å². The summed E-state index contributed by atoms with van der Waals surface area (Å²) in [5, 5.41) is 26.2. The summed E-state index contributed by atoms with van der Waals surface area (Å²) in [6, 6.07) is 2.42. The molecule has 2 heterocycles. The second-order valence-electron chi connectivity index (χ2n) is 4.16. The van der Waals surface area contributed by atoms with Crippen LogP contribution >= 0.6 is 0 Å². The summed E-state index contributed by atoms with van der Waals surface area (Å²) < 4.78 is 1.77. The van der Waals surface area contributed by atoms with Gasteiger partial charge in [0.1, 0.15) is 11.8 Å². The molecular formula is C11H16N4O. The Morgan fingerprint density at radius 1 is 1.62 bits per heavy atom. The molecule has 86 valence electrons. The molecule has 1 unspecified atom stereocenters. The molecule has 2 N–H and O–H groups in total. The zero-order valence-corrected chi connectivity index (χ0v) is 9.35. The summed E-state index contributed by atoms with van der Waals surface area (Å²) in [5.74, 6) is 0. The fourth-order valence-electron chi connectivity index (χ4n) is 2.13. The highest BCUT2D eigenvalue weighted by molar-refractivity contribution is 5.32. The van der Waals surface area contributed by atoms with Crippen LogP contribution in [0, 0.1) is 11.3 Å². The molecule has 1 aliphatic heterocycles. The van der Waals surface area contributed by atoms with Gasteiger partial charge in [-0.1, -0.05) is 0 Å². The van der Waals surface area contributed by atoms with Gasteiger partial charge >= 0.3 is 0 Å². The minimum atomic E-state index is -0.634. The third-order valence-electron chi connectivity index (χ3n) is 3.03. The number of nitrogens with zero attached hydrogens (tertiary/aromatic N) is 3. The number of hydrogen-bond donors (Lipinski definition) is 2. The Morgan fingerprint density at radius 3 is 2.88 bits per heavy atom. The van der Waals surface area contributed by atoms with Gasteiger partial charge in [-0.05, 0) is 32.9 Å². The van der Waals surface area contributed by atoms with Gasteiger partial charge in [-0.2, -0.15) is 10.4 Å². The standard InChI is InChI=1S/C11H16N4O/c1-8(16)10-7-14-15(11(10)6-12)9-2-4-13-5-3-9/h7-9,13,16H,2-5H2,1H3. The lowest BCUT2D eigenvalue weighted by Gasteiger charge is -2.23. The predicted octanol–water partition coefficient (Wildman–Crippen LogP) is 0.733. The van der Waals surface area contributed by atoms with Crippen LogP contribution in [0.4, 0.5) is 0 Å². The van der Waals surface area contributed by atoms with E-state index in [2.05, 4.69) is 16.5 Å². The Bertz CT molecular complexity index is 399. The maximum Gasteiger partial charge on any atom is 0.144 e. The predicted molar refractivity (Wildman–Crippen MR) is 58.7 cm³/mol. The van der Waals surface area contributed by atoms with Gasteiger partial charge in [0.2, 0.25) is 0 Å². The molecule has 1 atom stereocenters. The van der Waals surface area contributed by atoms with Gasteiger partial charge in [0.25, 0.3) is 0 Å². The van der Waals surface area contributed by atoms with Crippen LogP contribution in [0.1, 0.15) is 43.2 Å². The molecule has 0 saturated carbocycles. The Balaban J connectivity index is 2.30. The maximum atomic E-state index is 9.53. The normalized spacial score (nSPS) is 19.3. The Morgan fingerprint density at radius 2 is 2.31 bits per heavy atom. The summed E-state index contributed by atoms with van der Waals surface area (Å²) in [7, 11) is 0. The van der Waals surface area contributed by atoms with Crippen LogP contribution in [0.25, 0.3) is 0 Å². The van der Waals surface area contributed by atoms with Gasteiger partial charge < -0.3 is 10.4 Å². The van der Waals surface area contributed by atoms with Gasteiger partial charge in [-0.3, -0.25) is 4.68 Å². The Hall–Kier alpha value is -1.38. The van der Waals surface area contributed by atoms with Crippen LogP contribution in [0.2, 0.25) is 0 Å². The van der Waals surface area contributed by atoms with Crippen LogP contribution in [0.3, 0.4) is 0 Å². The second kappa shape index (κ2) is 4.64. The van der Waals surface area contributed by atoms with Crippen LogP contribution in [0.15, 0.2) is 6.20 Å². The zero-order chi connectivity index (χ0) is 11.5. The van der Waals surface area contributed by atoms with Gasteiger partial charge in [-0.25, -0.2) is 0 Å². The van der Waals surface area contributed by atoms with Crippen molar-refractivity contribution in [1.82, 2.24) is 15.1 Å². The molecule has 0 bridgehead atoms. The molecule has 1 saturated heterocycles. The van der Waals surface area contributed by atoms with Gasteiger partial charge in [-0.15, -0.1) is 0 Å². The van der Waals surface area contributed by atoms with E-state index in [0.717, 1.165) is 25.9 Å². The zero-order valence-electron chi connectivity index (χ0n) is 9.35. The third-order valence-corrected chi connectivity index (χ3v) is 3.03. The highest BCUT2D eigenvalue weighted by atomic mass is 16.3. The fourth-order valence-corrected chi connectivity index (χ4v) is 2.13. The first-order valence-electron chi connectivity index (χ1n) is 5.60. The van der Waals surface area contributed by atoms with Crippen LogP contribution in [-0.2, 0) is 0 Å². The van der Waals surface area contributed by atoms with Crippen LogP contribution in [0.5, 0.6) is 0 Å². The monoisotopic (exact) mass is 220 g/mol. The van der Waals surface area contributed by atoms with E-state index in [4.69, 9.17) is 5.26 Å². The van der Waals surface area contributed by atoms with Gasteiger partial charge in [0.15, 0.2) is 0 Å². The van der Waals surface area contributed by atoms with E-state index < -0.39 is 6.10 Å². The molecule has 1 aromatic rings. The van der Waals surface area contributed by atoms with E-state index in [9.17, 15) is 5.11 Å². The molecule has 16 heavy (non-hydrogen) atoms. The Kier molecular flexibility index (Phi) is 3.22. The van der Waals surface area contributed by atoms with E-state index in [1.54, 1.807) is 17.8 Å². The van der Waals surface area contributed by atoms with Crippen molar-refractivity contribution < 1.29 is 5.11 Å². The Labute approximate surface area is 94.7 Å². The smallest absolute Gasteiger partial charge is 0.144 e. The molecule has 0 amide bonds. The molecule has 0 radical (unpaired) electrons. The van der Waals surface area contributed by atoms with E-state index in [0.29, 0.717) is 11.3 Å².